The molecule has 1 aromatic rings. The van der Waals surface area contributed by atoms with Gasteiger partial charge in [-0.05, 0) is 30.0 Å². The Hall–Kier alpha value is -1.39. The summed E-state index contributed by atoms with van der Waals surface area (Å²) < 4.78 is 5.25. The third-order valence-corrected chi connectivity index (χ3v) is 3.88. The first-order chi connectivity index (χ1) is 10.2. The van der Waals surface area contributed by atoms with E-state index in [9.17, 15) is 4.79 Å². The number of carbonyl (C=O) groups is 1. The van der Waals surface area contributed by atoms with Crippen LogP contribution in [-0.2, 0) is 16.0 Å². The van der Waals surface area contributed by atoms with Gasteiger partial charge >= 0.3 is 0 Å². The van der Waals surface area contributed by atoms with Gasteiger partial charge in [-0.1, -0.05) is 38.1 Å². The topological polar surface area (TPSA) is 41.6 Å². The predicted octanol–water partition coefficient (Wildman–Crippen LogP) is 1.80. The summed E-state index contributed by atoms with van der Waals surface area (Å²) in [6.45, 7) is 8.42. The van der Waals surface area contributed by atoms with Crippen LogP contribution in [0.5, 0.6) is 0 Å². The molecular formula is C17H26N2O2. The summed E-state index contributed by atoms with van der Waals surface area (Å²) >= 11 is 0. The highest BCUT2D eigenvalue weighted by atomic mass is 16.5. The number of ether oxygens (including phenoxy) is 1. The number of hydrogen-bond acceptors (Lipinski definition) is 3. The van der Waals surface area contributed by atoms with Crippen LogP contribution in [0.4, 0.5) is 0 Å². The second kappa shape index (κ2) is 8.15. The van der Waals surface area contributed by atoms with Crippen molar-refractivity contribution in [3.63, 3.8) is 0 Å². The SMILES string of the molecule is CC(C)c1ccc(CCNCC(=O)N2CCOCC2)cc1. The number of morpholine rings is 1. The maximum absolute atomic E-state index is 11.9. The van der Waals surface area contributed by atoms with Gasteiger partial charge in [-0.3, -0.25) is 4.79 Å². The largest absolute Gasteiger partial charge is 0.378 e. The first-order valence-electron chi connectivity index (χ1n) is 7.82. The standard InChI is InChI=1S/C17H26N2O2/c1-14(2)16-5-3-15(4-6-16)7-8-18-13-17(20)19-9-11-21-12-10-19/h3-6,14,18H,7-13H2,1-2H3. The van der Waals surface area contributed by atoms with Crippen LogP contribution >= 0.6 is 0 Å². The van der Waals surface area contributed by atoms with Crippen molar-refractivity contribution in [2.24, 2.45) is 0 Å². The highest BCUT2D eigenvalue weighted by molar-refractivity contribution is 5.78. The molecule has 2 rings (SSSR count). The van der Waals surface area contributed by atoms with Crippen molar-refractivity contribution in [1.82, 2.24) is 10.2 Å². The number of hydrogen-bond donors (Lipinski definition) is 1. The van der Waals surface area contributed by atoms with Crippen LogP contribution in [0.25, 0.3) is 0 Å². The molecule has 4 nitrogen and oxygen atoms in total. The average molecular weight is 290 g/mol. The van der Waals surface area contributed by atoms with Crippen LogP contribution in [0.1, 0.15) is 30.9 Å². The molecule has 0 aromatic heterocycles. The fourth-order valence-electron chi connectivity index (χ4n) is 2.42. The summed E-state index contributed by atoms with van der Waals surface area (Å²) in [4.78, 5) is 13.8. The van der Waals surface area contributed by atoms with Gasteiger partial charge in [0.05, 0.1) is 19.8 Å². The maximum Gasteiger partial charge on any atom is 0.236 e. The van der Waals surface area contributed by atoms with Crippen LogP contribution in [-0.4, -0.2) is 50.2 Å². The van der Waals surface area contributed by atoms with Crippen molar-refractivity contribution in [3.05, 3.63) is 35.4 Å². The van der Waals surface area contributed by atoms with E-state index in [1.165, 1.54) is 11.1 Å². The summed E-state index contributed by atoms with van der Waals surface area (Å²) in [6, 6.07) is 8.75. The van der Waals surface area contributed by atoms with E-state index < -0.39 is 0 Å². The summed E-state index contributed by atoms with van der Waals surface area (Å²) in [5.74, 6) is 0.747. The highest BCUT2D eigenvalue weighted by Crippen LogP contribution is 2.14. The van der Waals surface area contributed by atoms with E-state index in [0.29, 0.717) is 25.7 Å². The van der Waals surface area contributed by atoms with Crippen molar-refractivity contribution in [2.75, 3.05) is 39.4 Å². The fraction of sp³-hybridized carbons (Fsp3) is 0.588. The second-order valence-corrected chi connectivity index (χ2v) is 5.82. The van der Waals surface area contributed by atoms with E-state index in [4.69, 9.17) is 4.74 Å². The zero-order chi connectivity index (χ0) is 15.1. The van der Waals surface area contributed by atoms with Gasteiger partial charge in [0.25, 0.3) is 0 Å². The minimum atomic E-state index is 0.174. The molecule has 116 valence electrons. The summed E-state index contributed by atoms with van der Waals surface area (Å²) in [5.41, 5.74) is 2.68. The van der Waals surface area contributed by atoms with Crippen molar-refractivity contribution in [1.29, 1.82) is 0 Å². The van der Waals surface area contributed by atoms with Gasteiger partial charge in [-0.15, -0.1) is 0 Å². The molecule has 4 heteroatoms. The van der Waals surface area contributed by atoms with E-state index in [0.717, 1.165) is 26.1 Å². The van der Waals surface area contributed by atoms with E-state index in [-0.39, 0.29) is 5.91 Å². The molecule has 1 heterocycles. The van der Waals surface area contributed by atoms with Gasteiger partial charge in [0.1, 0.15) is 0 Å². The average Bonchev–Trinajstić information content (AvgIpc) is 2.52. The van der Waals surface area contributed by atoms with Crippen molar-refractivity contribution in [2.45, 2.75) is 26.2 Å². The molecule has 1 aliphatic heterocycles. The molecule has 1 aromatic carbocycles. The lowest BCUT2D eigenvalue weighted by molar-refractivity contribution is -0.134. The Morgan fingerprint density at radius 3 is 2.52 bits per heavy atom. The van der Waals surface area contributed by atoms with Crippen LogP contribution < -0.4 is 5.32 Å². The quantitative estimate of drug-likeness (QED) is 0.812. The third-order valence-electron chi connectivity index (χ3n) is 3.88. The second-order valence-electron chi connectivity index (χ2n) is 5.82. The van der Waals surface area contributed by atoms with Crippen LogP contribution in [0.15, 0.2) is 24.3 Å². The Labute approximate surface area is 127 Å². The monoisotopic (exact) mass is 290 g/mol. The van der Waals surface area contributed by atoms with Crippen LogP contribution in [0.2, 0.25) is 0 Å². The number of nitrogens with zero attached hydrogens (tertiary/aromatic N) is 1. The zero-order valence-corrected chi connectivity index (χ0v) is 13.1. The number of benzene rings is 1. The molecule has 0 atom stereocenters. The van der Waals surface area contributed by atoms with E-state index in [1.807, 2.05) is 4.90 Å². The highest BCUT2D eigenvalue weighted by Gasteiger charge is 2.15. The molecule has 21 heavy (non-hydrogen) atoms. The maximum atomic E-state index is 11.9. The molecule has 0 saturated carbocycles. The molecule has 0 unspecified atom stereocenters. The molecular weight excluding hydrogens is 264 g/mol. The lowest BCUT2D eigenvalue weighted by Gasteiger charge is -2.26. The van der Waals surface area contributed by atoms with E-state index in [2.05, 4.69) is 43.4 Å². The van der Waals surface area contributed by atoms with E-state index in [1.54, 1.807) is 0 Å². The molecule has 1 aliphatic rings. The summed E-state index contributed by atoms with van der Waals surface area (Å²) in [7, 11) is 0. The molecule has 0 aliphatic carbocycles. The Balaban J connectivity index is 1.66. The number of nitrogens with one attached hydrogen (secondary N) is 1. The van der Waals surface area contributed by atoms with Crippen molar-refractivity contribution < 1.29 is 9.53 Å². The van der Waals surface area contributed by atoms with Crippen molar-refractivity contribution >= 4 is 5.91 Å². The van der Waals surface area contributed by atoms with Gasteiger partial charge in [0.15, 0.2) is 0 Å². The van der Waals surface area contributed by atoms with Gasteiger partial charge in [0.2, 0.25) is 5.91 Å². The van der Waals surface area contributed by atoms with E-state index >= 15 is 0 Å². The summed E-state index contributed by atoms with van der Waals surface area (Å²) in [6.07, 6.45) is 0.953. The van der Waals surface area contributed by atoms with Gasteiger partial charge in [-0.2, -0.15) is 0 Å². The normalized spacial score (nSPS) is 15.5. The summed E-state index contributed by atoms with van der Waals surface area (Å²) in [5, 5.41) is 3.24. The predicted molar refractivity (Wildman–Crippen MR) is 84.5 cm³/mol. The lowest BCUT2D eigenvalue weighted by atomic mass is 10.0. The first-order valence-corrected chi connectivity index (χ1v) is 7.82. The molecule has 1 fully saturated rings. The Kier molecular flexibility index (Phi) is 6.21. The van der Waals surface area contributed by atoms with Crippen LogP contribution in [0, 0.1) is 0 Å². The minimum absolute atomic E-state index is 0.174. The molecule has 0 spiro atoms. The smallest absolute Gasteiger partial charge is 0.236 e. The Bertz CT molecular complexity index is 437. The molecule has 0 bridgehead atoms. The molecule has 1 N–H and O–H groups in total. The lowest BCUT2D eigenvalue weighted by Crippen LogP contribution is -2.44. The number of carbonyl (C=O) groups excluding carboxylic acids is 1. The number of amides is 1. The molecule has 1 amide bonds. The van der Waals surface area contributed by atoms with Gasteiger partial charge in [0, 0.05) is 13.1 Å². The number of rotatable bonds is 6. The molecule has 1 saturated heterocycles. The molecule has 0 radical (unpaired) electrons. The zero-order valence-electron chi connectivity index (χ0n) is 13.1. The third kappa shape index (κ3) is 5.14. The van der Waals surface area contributed by atoms with Crippen LogP contribution in [0.3, 0.4) is 0 Å². The van der Waals surface area contributed by atoms with Crippen molar-refractivity contribution in [3.8, 4) is 0 Å². The van der Waals surface area contributed by atoms with Gasteiger partial charge in [-0.25, -0.2) is 0 Å². The Morgan fingerprint density at radius 2 is 1.90 bits per heavy atom. The Morgan fingerprint density at radius 1 is 1.24 bits per heavy atom. The fourth-order valence-corrected chi connectivity index (χ4v) is 2.42. The minimum Gasteiger partial charge on any atom is -0.378 e. The first kappa shape index (κ1) is 16.0. The van der Waals surface area contributed by atoms with Gasteiger partial charge < -0.3 is 15.0 Å².